The summed E-state index contributed by atoms with van der Waals surface area (Å²) in [6.07, 6.45) is 3.85. The lowest BCUT2D eigenvalue weighted by atomic mass is 10.1. The van der Waals surface area contributed by atoms with Crippen LogP contribution in [0.1, 0.15) is 20.3 Å². The highest BCUT2D eigenvalue weighted by molar-refractivity contribution is 5.80. The van der Waals surface area contributed by atoms with Gasteiger partial charge in [-0.25, -0.2) is 0 Å². The number of nitrogens with zero attached hydrogens (tertiary/aromatic N) is 2. The number of ether oxygens (including phenoxy) is 1. The summed E-state index contributed by atoms with van der Waals surface area (Å²) >= 11 is 0. The summed E-state index contributed by atoms with van der Waals surface area (Å²) in [5.74, 6) is -0.302. The number of hydrogen-bond donors (Lipinski definition) is 2. The van der Waals surface area contributed by atoms with E-state index in [9.17, 15) is 9.59 Å². The van der Waals surface area contributed by atoms with E-state index in [1.807, 2.05) is 0 Å². The number of carbonyl (C=O) groups excluding carboxylic acids is 2. The van der Waals surface area contributed by atoms with Crippen molar-refractivity contribution in [1.29, 1.82) is 0 Å². The largest absolute Gasteiger partial charge is 0.454 e. The Kier molecular flexibility index (Phi) is 5.84. The topological polar surface area (TPSA) is 99.2 Å². The Bertz CT molecular complexity index is 428. The van der Waals surface area contributed by atoms with Crippen LogP contribution in [0, 0.1) is 5.92 Å². The van der Waals surface area contributed by atoms with Gasteiger partial charge in [-0.15, -0.1) is 0 Å². The molecule has 1 heterocycles. The fourth-order valence-corrected chi connectivity index (χ4v) is 1.34. The van der Waals surface area contributed by atoms with E-state index in [1.54, 1.807) is 0 Å². The van der Waals surface area contributed by atoms with Crippen LogP contribution in [-0.2, 0) is 20.9 Å². The molecule has 0 saturated heterocycles. The van der Waals surface area contributed by atoms with Gasteiger partial charge in [0.1, 0.15) is 6.54 Å². The van der Waals surface area contributed by atoms with Crippen molar-refractivity contribution in [3.05, 3.63) is 12.4 Å². The summed E-state index contributed by atoms with van der Waals surface area (Å²) in [6, 6.07) is 0. The van der Waals surface area contributed by atoms with E-state index in [-0.39, 0.29) is 19.1 Å². The van der Waals surface area contributed by atoms with Gasteiger partial charge in [0.15, 0.2) is 6.61 Å². The van der Waals surface area contributed by atoms with E-state index < -0.39 is 5.97 Å². The summed E-state index contributed by atoms with van der Waals surface area (Å²) in [6.45, 7) is 4.40. The van der Waals surface area contributed by atoms with Gasteiger partial charge in [0.05, 0.1) is 11.9 Å². The number of amides is 1. The maximum absolute atomic E-state index is 11.4. The first-order valence-electron chi connectivity index (χ1n) is 6.17. The molecule has 0 aliphatic rings. The molecule has 7 nitrogen and oxygen atoms in total. The number of carbonyl (C=O) groups is 2. The number of hydrogen-bond acceptors (Lipinski definition) is 5. The highest BCUT2D eigenvalue weighted by Gasteiger charge is 2.08. The predicted octanol–water partition coefficient (Wildman–Crippen LogP) is 0.171. The zero-order chi connectivity index (χ0) is 14.3. The molecular weight excluding hydrogens is 248 g/mol. The molecule has 106 valence electrons. The third-order valence-electron chi connectivity index (χ3n) is 2.35. The normalized spacial score (nSPS) is 10.5. The van der Waals surface area contributed by atoms with Gasteiger partial charge in [-0.3, -0.25) is 14.3 Å². The lowest BCUT2D eigenvalue weighted by Crippen LogP contribution is -2.30. The minimum Gasteiger partial charge on any atom is -0.454 e. The Morgan fingerprint density at radius 1 is 1.53 bits per heavy atom. The van der Waals surface area contributed by atoms with Gasteiger partial charge < -0.3 is 15.8 Å². The lowest BCUT2D eigenvalue weighted by molar-refractivity contribution is -0.149. The highest BCUT2D eigenvalue weighted by Crippen LogP contribution is 1.98. The van der Waals surface area contributed by atoms with E-state index in [1.165, 1.54) is 17.1 Å². The van der Waals surface area contributed by atoms with Crippen molar-refractivity contribution in [3.8, 4) is 0 Å². The molecule has 0 aliphatic carbocycles. The first-order valence-corrected chi connectivity index (χ1v) is 6.17. The maximum Gasteiger partial charge on any atom is 0.328 e. The monoisotopic (exact) mass is 268 g/mol. The van der Waals surface area contributed by atoms with E-state index in [2.05, 4.69) is 24.3 Å². The molecule has 3 N–H and O–H groups in total. The summed E-state index contributed by atoms with van der Waals surface area (Å²) in [5.41, 5.74) is 5.93. The molecule has 0 fully saturated rings. The van der Waals surface area contributed by atoms with Crippen molar-refractivity contribution in [2.75, 3.05) is 18.9 Å². The fraction of sp³-hybridized carbons (Fsp3) is 0.583. The Labute approximate surface area is 112 Å². The van der Waals surface area contributed by atoms with Crippen molar-refractivity contribution in [2.24, 2.45) is 5.92 Å². The Hall–Kier alpha value is -2.05. The molecule has 1 aromatic rings. The Balaban J connectivity index is 2.17. The number of aromatic nitrogens is 2. The van der Waals surface area contributed by atoms with Crippen LogP contribution in [0.2, 0.25) is 0 Å². The van der Waals surface area contributed by atoms with Crippen LogP contribution in [0.25, 0.3) is 0 Å². The summed E-state index contributed by atoms with van der Waals surface area (Å²) in [4.78, 5) is 22.8. The molecule has 0 unspecified atom stereocenters. The van der Waals surface area contributed by atoms with Gasteiger partial charge in [0.2, 0.25) is 0 Å². The average Bonchev–Trinajstić information content (AvgIpc) is 2.71. The molecule has 0 atom stereocenters. The molecule has 0 aliphatic heterocycles. The van der Waals surface area contributed by atoms with Crippen LogP contribution in [0.4, 0.5) is 5.69 Å². The van der Waals surface area contributed by atoms with Crippen LogP contribution in [-0.4, -0.2) is 34.8 Å². The SMILES string of the molecule is CC(C)CCNC(=O)COC(=O)Cn1cc(N)cn1. The number of rotatable bonds is 7. The number of nitrogens with one attached hydrogen (secondary N) is 1. The maximum atomic E-state index is 11.4. The Morgan fingerprint density at radius 3 is 2.84 bits per heavy atom. The number of nitrogen functional groups attached to an aromatic ring is 1. The predicted molar refractivity (Wildman–Crippen MR) is 70.1 cm³/mol. The molecule has 19 heavy (non-hydrogen) atoms. The quantitative estimate of drug-likeness (QED) is 0.687. The minimum absolute atomic E-state index is 0.0591. The first kappa shape index (κ1) is 15.0. The molecule has 1 aromatic heterocycles. The molecule has 0 aromatic carbocycles. The molecule has 0 bridgehead atoms. The summed E-state index contributed by atoms with van der Waals surface area (Å²) in [7, 11) is 0. The number of nitrogens with two attached hydrogens (primary N) is 1. The van der Waals surface area contributed by atoms with E-state index in [0.29, 0.717) is 18.2 Å². The average molecular weight is 268 g/mol. The second-order valence-electron chi connectivity index (χ2n) is 4.66. The van der Waals surface area contributed by atoms with Crippen molar-refractivity contribution in [3.63, 3.8) is 0 Å². The third kappa shape index (κ3) is 6.44. The molecule has 0 spiro atoms. The zero-order valence-electron chi connectivity index (χ0n) is 11.3. The van der Waals surface area contributed by atoms with Crippen molar-refractivity contribution in [1.82, 2.24) is 15.1 Å². The van der Waals surface area contributed by atoms with Crippen LogP contribution in [0.3, 0.4) is 0 Å². The molecule has 7 heteroatoms. The van der Waals surface area contributed by atoms with Gasteiger partial charge in [0.25, 0.3) is 5.91 Å². The van der Waals surface area contributed by atoms with Gasteiger partial charge in [0, 0.05) is 12.7 Å². The molecule has 1 rings (SSSR count). The van der Waals surface area contributed by atoms with Gasteiger partial charge in [-0.1, -0.05) is 13.8 Å². The molecule has 0 saturated carbocycles. The number of esters is 1. The van der Waals surface area contributed by atoms with Gasteiger partial charge in [-0.05, 0) is 12.3 Å². The van der Waals surface area contributed by atoms with Crippen molar-refractivity contribution in [2.45, 2.75) is 26.8 Å². The summed E-state index contributed by atoms with van der Waals surface area (Å²) in [5, 5.41) is 6.52. The third-order valence-corrected chi connectivity index (χ3v) is 2.35. The minimum atomic E-state index is -0.526. The fourth-order valence-electron chi connectivity index (χ4n) is 1.34. The van der Waals surface area contributed by atoms with Gasteiger partial charge in [-0.2, -0.15) is 5.10 Å². The van der Waals surface area contributed by atoms with Crippen LogP contribution >= 0.6 is 0 Å². The smallest absolute Gasteiger partial charge is 0.328 e. The van der Waals surface area contributed by atoms with E-state index >= 15 is 0 Å². The molecular formula is C12H20N4O3. The van der Waals surface area contributed by atoms with E-state index in [4.69, 9.17) is 10.5 Å². The lowest BCUT2D eigenvalue weighted by Gasteiger charge is -2.08. The van der Waals surface area contributed by atoms with Crippen LogP contribution < -0.4 is 11.1 Å². The summed E-state index contributed by atoms with van der Waals surface area (Å²) < 4.78 is 6.18. The standard InChI is InChI=1S/C12H20N4O3/c1-9(2)3-4-14-11(17)8-19-12(18)7-16-6-10(13)5-15-16/h5-6,9H,3-4,7-8,13H2,1-2H3,(H,14,17). The van der Waals surface area contributed by atoms with Crippen LogP contribution in [0.5, 0.6) is 0 Å². The highest BCUT2D eigenvalue weighted by atomic mass is 16.5. The second-order valence-corrected chi connectivity index (χ2v) is 4.66. The van der Waals surface area contributed by atoms with Crippen molar-refractivity contribution >= 4 is 17.6 Å². The zero-order valence-corrected chi connectivity index (χ0v) is 11.3. The first-order chi connectivity index (χ1) is 8.97. The van der Waals surface area contributed by atoms with Crippen molar-refractivity contribution < 1.29 is 14.3 Å². The Morgan fingerprint density at radius 2 is 2.26 bits per heavy atom. The van der Waals surface area contributed by atoms with E-state index in [0.717, 1.165) is 6.42 Å². The second kappa shape index (κ2) is 7.40. The van der Waals surface area contributed by atoms with Crippen LogP contribution in [0.15, 0.2) is 12.4 Å². The number of anilines is 1. The molecule has 1 amide bonds. The van der Waals surface area contributed by atoms with Gasteiger partial charge >= 0.3 is 5.97 Å². The molecule has 0 radical (unpaired) electrons.